The molecule has 0 aromatic heterocycles. The fourth-order valence-electron chi connectivity index (χ4n) is 1.52. The molecule has 0 heterocycles. The maximum Gasteiger partial charge on any atom is 0.0598 e. The van der Waals surface area contributed by atoms with E-state index in [0.717, 1.165) is 22.4 Å². The van der Waals surface area contributed by atoms with Crippen molar-refractivity contribution in [3.05, 3.63) is 22.7 Å². The average molecular weight is 257 g/mol. The molecule has 1 aromatic carbocycles. The Morgan fingerprint density at radius 2 is 2.07 bits per heavy atom. The van der Waals surface area contributed by atoms with Crippen LogP contribution in [0, 0.1) is 5.92 Å². The molecule has 1 aromatic rings. The highest BCUT2D eigenvalue weighted by Gasteiger charge is 2.06. The highest BCUT2D eigenvalue weighted by atomic mass is 79.9. The van der Waals surface area contributed by atoms with Gasteiger partial charge in [-0.05, 0) is 24.1 Å². The van der Waals surface area contributed by atoms with Gasteiger partial charge in [-0.1, -0.05) is 29.8 Å². The van der Waals surface area contributed by atoms with E-state index < -0.39 is 0 Å². The Morgan fingerprint density at radius 1 is 1.43 bits per heavy atom. The summed E-state index contributed by atoms with van der Waals surface area (Å²) < 4.78 is 1.02. The Bertz CT molecular complexity index is 310. The third kappa shape index (κ3) is 2.91. The number of hydrogen-bond acceptors (Lipinski definition) is 2. The summed E-state index contributed by atoms with van der Waals surface area (Å²) in [5.41, 5.74) is 7.85. The van der Waals surface area contributed by atoms with E-state index in [1.165, 1.54) is 0 Å². The Morgan fingerprint density at radius 3 is 2.57 bits per heavy atom. The molecular weight excluding hydrogens is 240 g/mol. The molecule has 0 saturated carbocycles. The molecule has 3 heteroatoms. The molecule has 0 saturated heterocycles. The molecule has 0 aliphatic rings. The molecule has 0 spiro atoms. The number of benzene rings is 1. The first-order chi connectivity index (χ1) is 6.50. The fourth-order valence-corrected chi connectivity index (χ4v) is 1.90. The molecule has 0 unspecified atom stereocenters. The van der Waals surface area contributed by atoms with Gasteiger partial charge < -0.3 is 10.6 Å². The lowest BCUT2D eigenvalue weighted by Crippen LogP contribution is -2.23. The molecule has 0 fully saturated rings. The Balaban J connectivity index is 2.84. The molecule has 78 valence electrons. The highest BCUT2D eigenvalue weighted by Crippen LogP contribution is 2.26. The summed E-state index contributed by atoms with van der Waals surface area (Å²) in [4.78, 5) is 2.19. The first-order valence-corrected chi connectivity index (χ1v) is 5.56. The Kier molecular flexibility index (Phi) is 3.81. The minimum atomic E-state index is 0.642. The van der Waals surface area contributed by atoms with E-state index in [0.29, 0.717) is 5.92 Å². The van der Waals surface area contributed by atoms with Gasteiger partial charge in [0.05, 0.1) is 11.4 Å². The number of nitrogen functional groups attached to an aromatic ring is 1. The monoisotopic (exact) mass is 256 g/mol. The van der Waals surface area contributed by atoms with Gasteiger partial charge in [-0.2, -0.15) is 0 Å². The first-order valence-electron chi connectivity index (χ1n) is 4.77. The molecule has 2 nitrogen and oxygen atoms in total. The molecule has 0 bridgehead atoms. The zero-order valence-corrected chi connectivity index (χ0v) is 10.5. The normalized spacial score (nSPS) is 10.6. The van der Waals surface area contributed by atoms with E-state index in [4.69, 9.17) is 5.73 Å². The van der Waals surface area contributed by atoms with Crippen LogP contribution in [0.3, 0.4) is 0 Å². The fraction of sp³-hybridized carbons (Fsp3) is 0.455. The molecule has 2 N–H and O–H groups in total. The summed E-state index contributed by atoms with van der Waals surface area (Å²) in [7, 11) is 2.07. The Hall–Kier alpha value is -0.700. The first kappa shape index (κ1) is 11.4. The molecule has 0 radical (unpaired) electrons. The summed E-state index contributed by atoms with van der Waals surface area (Å²) in [6.07, 6.45) is 0. The zero-order valence-electron chi connectivity index (χ0n) is 8.92. The van der Waals surface area contributed by atoms with Crippen molar-refractivity contribution >= 4 is 27.3 Å². The van der Waals surface area contributed by atoms with Crippen molar-refractivity contribution in [2.75, 3.05) is 24.2 Å². The molecule has 1 rings (SSSR count). The summed E-state index contributed by atoms with van der Waals surface area (Å²) in [6.45, 7) is 5.42. The van der Waals surface area contributed by atoms with Crippen LogP contribution in [0.5, 0.6) is 0 Å². The van der Waals surface area contributed by atoms with E-state index in [1.807, 2.05) is 18.2 Å². The van der Waals surface area contributed by atoms with Crippen LogP contribution < -0.4 is 10.6 Å². The SMILES string of the molecule is CC(C)CN(C)c1ccc(Br)cc1N. The summed E-state index contributed by atoms with van der Waals surface area (Å²) in [5.74, 6) is 0.642. The molecular formula is C11H17BrN2. The lowest BCUT2D eigenvalue weighted by molar-refractivity contribution is 0.639. The minimum Gasteiger partial charge on any atom is -0.397 e. The summed E-state index contributed by atoms with van der Waals surface area (Å²) >= 11 is 3.40. The maximum atomic E-state index is 5.93. The van der Waals surface area contributed by atoms with E-state index in [2.05, 4.69) is 41.7 Å². The quantitative estimate of drug-likeness (QED) is 0.843. The van der Waals surface area contributed by atoms with Crippen LogP contribution in [-0.4, -0.2) is 13.6 Å². The van der Waals surface area contributed by atoms with Crippen molar-refractivity contribution < 1.29 is 0 Å². The van der Waals surface area contributed by atoms with Crippen molar-refractivity contribution in [2.24, 2.45) is 5.92 Å². The van der Waals surface area contributed by atoms with Crippen molar-refractivity contribution in [3.63, 3.8) is 0 Å². The van der Waals surface area contributed by atoms with Crippen molar-refractivity contribution in [2.45, 2.75) is 13.8 Å². The van der Waals surface area contributed by atoms with E-state index >= 15 is 0 Å². The number of halogens is 1. The van der Waals surface area contributed by atoms with Crippen LogP contribution >= 0.6 is 15.9 Å². The van der Waals surface area contributed by atoms with E-state index in [9.17, 15) is 0 Å². The number of nitrogens with two attached hydrogens (primary N) is 1. The second kappa shape index (κ2) is 4.69. The van der Waals surface area contributed by atoms with Gasteiger partial charge in [0, 0.05) is 18.1 Å². The van der Waals surface area contributed by atoms with Crippen LogP contribution in [0.1, 0.15) is 13.8 Å². The van der Waals surface area contributed by atoms with Crippen LogP contribution in [0.15, 0.2) is 22.7 Å². The summed E-state index contributed by atoms with van der Waals surface area (Å²) in [6, 6.07) is 6.00. The van der Waals surface area contributed by atoms with Gasteiger partial charge in [-0.15, -0.1) is 0 Å². The largest absolute Gasteiger partial charge is 0.397 e. The third-order valence-corrected chi connectivity index (χ3v) is 2.53. The Labute approximate surface area is 94.2 Å². The van der Waals surface area contributed by atoms with Gasteiger partial charge in [-0.25, -0.2) is 0 Å². The number of rotatable bonds is 3. The lowest BCUT2D eigenvalue weighted by atomic mass is 10.2. The topological polar surface area (TPSA) is 29.3 Å². The van der Waals surface area contributed by atoms with Gasteiger partial charge in [0.2, 0.25) is 0 Å². The second-order valence-electron chi connectivity index (χ2n) is 3.98. The van der Waals surface area contributed by atoms with Gasteiger partial charge in [-0.3, -0.25) is 0 Å². The molecule has 0 amide bonds. The third-order valence-electron chi connectivity index (χ3n) is 2.04. The van der Waals surface area contributed by atoms with Gasteiger partial charge in [0.15, 0.2) is 0 Å². The number of nitrogens with zero attached hydrogens (tertiary/aromatic N) is 1. The van der Waals surface area contributed by atoms with E-state index in [-0.39, 0.29) is 0 Å². The molecule has 0 atom stereocenters. The summed E-state index contributed by atoms with van der Waals surface area (Å²) in [5, 5.41) is 0. The van der Waals surface area contributed by atoms with E-state index in [1.54, 1.807) is 0 Å². The second-order valence-corrected chi connectivity index (χ2v) is 4.89. The van der Waals surface area contributed by atoms with Crippen molar-refractivity contribution in [3.8, 4) is 0 Å². The molecule has 14 heavy (non-hydrogen) atoms. The lowest BCUT2D eigenvalue weighted by Gasteiger charge is -2.23. The molecule has 0 aliphatic carbocycles. The number of anilines is 2. The van der Waals surface area contributed by atoms with Gasteiger partial charge >= 0.3 is 0 Å². The average Bonchev–Trinajstić information content (AvgIpc) is 2.01. The van der Waals surface area contributed by atoms with Crippen LogP contribution in [0.4, 0.5) is 11.4 Å². The smallest absolute Gasteiger partial charge is 0.0598 e. The molecule has 0 aliphatic heterocycles. The van der Waals surface area contributed by atoms with Crippen LogP contribution in [-0.2, 0) is 0 Å². The highest BCUT2D eigenvalue weighted by molar-refractivity contribution is 9.10. The van der Waals surface area contributed by atoms with Crippen LogP contribution in [0.2, 0.25) is 0 Å². The predicted octanol–water partition coefficient (Wildman–Crippen LogP) is 3.12. The van der Waals surface area contributed by atoms with Crippen molar-refractivity contribution in [1.82, 2.24) is 0 Å². The zero-order chi connectivity index (χ0) is 10.7. The standard InChI is InChI=1S/C11H17BrN2/c1-8(2)7-14(3)11-5-4-9(12)6-10(11)13/h4-6,8H,7,13H2,1-3H3. The van der Waals surface area contributed by atoms with Gasteiger partial charge in [0.25, 0.3) is 0 Å². The maximum absolute atomic E-state index is 5.93. The van der Waals surface area contributed by atoms with Crippen LogP contribution in [0.25, 0.3) is 0 Å². The van der Waals surface area contributed by atoms with Crippen molar-refractivity contribution in [1.29, 1.82) is 0 Å². The van der Waals surface area contributed by atoms with Gasteiger partial charge in [0.1, 0.15) is 0 Å². The minimum absolute atomic E-state index is 0.642. The number of hydrogen-bond donors (Lipinski definition) is 1. The predicted molar refractivity (Wildman–Crippen MR) is 66.7 cm³/mol.